The minimum atomic E-state index is -0.517. The summed E-state index contributed by atoms with van der Waals surface area (Å²) >= 11 is 0. The molecule has 1 fully saturated rings. The lowest BCUT2D eigenvalue weighted by atomic mass is 10.2. The van der Waals surface area contributed by atoms with Crippen LogP contribution in [0.3, 0.4) is 0 Å². The standard InChI is InChI=1S/C19H18FNO4/c1-24-17-9-2-12(10-16(17)20)11-25-19(23)14-5-7-15(8-6-14)21-18(22)13-3-4-13/h2,5-10,13H,3-4,11H2,1H3,(H,21,22). The molecule has 0 aromatic heterocycles. The SMILES string of the molecule is COc1ccc(COC(=O)c2ccc(NC(=O)C3CC3)cc2)cc1F. The number of anilines is 1. The Hall–Kier alpha value is -2.89. The number of rotatable bonds is 6. The minimum absolute atomic E-state index is 0.0110. The molecule has 0 spiro atoms. The summed E-state index contributed by atoms with van der Waals surface area (Å²) in [5.41, 5.74) is 1.53. The lowest BCUT2D eigenvalue weighted by molar-refractivity contribution is -0.117. The molecule has 1 amide bonds. The van der Waals surface area contributed by atoms with Crippen LogP contribution in [0.1, 0.15) is 28.8 Å². The summed E-state index contributed by atoms with van der Waals surface area (Å²) < 4.78 is 23.6. The molecule has 0 bridgehead atoms. The van der Waals surface area contributed by atoms with Crippen molar-refractivity contribution >= 4 is 17.6 Å². The van der Waals surface area contributed by atoms with Crippen LogP contribution in [0, 0.1) is 11.7 Å². The first-order valence-electron chi connectivity index (χ1n) is 7.97. The highest BCUT2D eigenvalue weighted by Gasteiger charge is 2.29. The van der Waals surface area contributed by atoms with Crippen molar-refractivity contribution in [2.45, 2.75) is 19.4 Å². The van der Waals surface area contributed by atoms with E-state index in [1.807, 2.05) is 0 Å². The van der Waals surface area contributed by atoms with Crippen molar-refractivity contribution in [3.8, 4) is 5.75 Å². The summed E-state index contributed by atoms with van der Waals surface area (Å²) in [6.07, 6.45) is 1.87. The van der Waals surface area contributed by atoms with Gasteiger partial charge in [-0.1, -0.05) is 6.07 Å². The molecule has 25 heavy (non-hydrogen) atoms. The fraction of sp³-hybridized carbons (Fsp3) is 0.263. The van der Waals surface area contributed by atoms with Crippen molar-refractivity contribution in [1.29, 1.82) is 0 Å². The van der Waals surface area contributed by atoms with Crippen LogP contribution in [0.2, 0.25) is 0 Å². The number of hydrogen-bond donors (Lipinski definition) is 1. The van der Waals surface area contributed by atoms with E-state index in [2.05, 4.69) is 5.32 Å². The Morgan fingerprint density at radius 1 is 1.16 bits per heavy atom. The zero-order valence-corrected chi connectivity index (χ0v) is 13.8. The molecular weight excluding hydrogens is 325 g/mol. The molecule has 0 heterocycles. The fourth-order valence-corrected chi connectivity index (χ4v) is 2.31. The quantitative estimate of drug-likeness (QED) is 0.815. The number of carbonyl (C=O) groups excluding carboxylic acids is 2. The molecule has 0 radical (unpaired) electrons. The van der Waals surface area contributed by atoms with Gasteiger partial charge in [-0.05, 0) is 54.8 Å². The van der Waals surface area contributed by atoms with Crippen LogP contribution < -0.4 is 10.1 Å². The largest absolute Gasteiger partial charge is 0.494 e. The summed E-state index contributed by atoms with van der Waals surface area (Å²) in [5.74, 6) is -0.756. The smallest absolute Gasteiger partial charge is 0.338 e. The maximum absolute atomic E-state index is 13.6. The first kappa shape index (κ1) is 17.0. The summed E-state index contributed by atoms with van der Waals surface area (Å²) in [6.45, 7) is -0.0418. The Labute approximate surface area is 144 Å². The second-order valence-electron chi connectivity index (χ2n) is 5.89. The molecule has 2 aromatic carbocycles. The third-order valence-corrected chi connectivity index (χ3v) is 3.92. The van der Waals surface area contributed by atoms with E-state index < -0.39 is 11.8 Å². The van der Waals surface area contributed by atoms with Gasteiger partial charge in [0.25, 0.3) is 0 Å². The molecule has 1 aliphatic carbocycles. The number of benzene rings is 2. The van der Waals surface area contributed by atoms with E-state index in [9.17, 15) is 14.0 Å². The molecule has 5 nitrogen and oxygen atoms in total. The normalized spacial score (nSPS) is 13.2. The van der Waals surface area contributed by atoms with Crippen LogP contribution in [0.4, 0.5) is 10.1 Å². The van der Waals surface area contributed by atoms with E-state index in [0.29, 0.717) is 16.8 Å². The second-order valence-corrected chi connectivity index (χ2v) is 5.89. The molecule has 1 saturated carbocycles. The number of halogens is 1. The highest BCUT2D eigenvalue weighted by Crippen LogP contribution is 2.30. The van der Waals surface area contributed by atoms with E-state index in [1.165, 1.54) is 19.2 Å². The van der Waals surface area contributed by atoms with Crippen LogP contribution in [-0.4, -0.2) is 19.0 Å². The molecule has 0 saturated heterocycles. The Morgan fingerprint density at radius 2 is 1.88 bits per heavy atom. The van der Waals surface area contributed by atoms with E-state index in [4.69, 9.17) is 9.47 Å². The average Bonchev–Trinajstić information content (AvgIpc) is 3.45. The highest BCUT2D eigenvalue weighted by molar-refractivity contribution is 5.95. The van der Waals surface area contributed by atoms with Gasteiger partial charge in [-0.3, -0.25) is 4.79 Å². The third kappa shape index (κ3) is 4.35. The van der Waals surface area contributed by atoms with Crippen LogP contribution in [-0.2, 0) is 16.1 Å². The van der Waals surface area contributed by atoms with E-state index in [-0.39, 0.29) is 24.2 Å². The van der Waals surface area contributed by atoms with Gasteiger partial charge in [0.15, 0.2) is 11.6 Å². The van der Waals surface area contributed by atoms with Crippen molar-refractivity contribution in [3.05, 3.63) is 59.4 Å². The number of amides is 1. The molecule has 2 aromatic rings. The zero-order valence-electron chi connectivity index (χ0n) is 13.8. The van der Waals surface area contributed by atoms with Crippen molar-refractivity contribution in [1.82, 2.24) is 0 Å². The van der Waals surface area contributed by atoms with Gasteiger partial charge in [0.05, 0.1) is 12.7 Å². The summed E-state index contributed by atoms with van der Waals surface area (Å²) in [7, 11) is 1.38. The highest BCUT2D eigenvalue weighted by atomic mass is 19.1. The predicted octanol–water partition coefficient (Wildman–Crippen LogP) is 3.54. The number of ether oxygens (including phenoxy) is 2. The van der Waals surface area contributed by atoms with Crippen LogP contribution in [0.15, 0.2) is 42.5 Å². The van der Waals surface area contributed by atoms with Gasteiger partial charge in [-0.15, -0.1) is 0 Å². The van der Waals surface area contributed by atoms with Gasteiger partial charge in [0.1, 0.15) is 6.61 Å². The number of esters is 1. The monoisotopic (exact) mass is 343 g/mol. The van der Waals surface area contributed by atoms with Crippen LogP contribution in [0.5, 0.6) is 5.75 Å². The first-order valence-corrected chi connectivity index (χ1v) is 7.97. The molecule has 0 unspecified atom stereocenters. The Kier molecular flexibility index (Phi) is 4.97. The molecule has 3 rings (SSSR count). The van der Waals surface area contributed by atoms with Crippen molar-refractivity contribution in [2.75, 3.05) is 12.4 Å². The molecule has 0 atom stereocenters. The molecule has 1 N–H and O–H groups in total. The maximum atomic E-state index is 13.6. The van der Waals surface area contributed by atoms with Gasteiger partial charge in [-0.25, -0.2) is 9.18 Å². The third-order valence-electron chi connectivity index (χ3n) is 3.92. The average molecular weight is 343 g/mol. The zero-order chi connectivity index (χ0) is 17.8. The summed E-state index contributed by atoms with van der Waals surface area (Å²) in [6, 6.07) is 10.9. The Balaban J connectivity index is 1.55. The number of carbonyl (C=O) groups is 2. The summed E-state index contributed by atoms with van der Waals surface area (Å²) in [5, 5.41) is 2.80. The lowest BCUT2D eigenvalue weighted by Crippen LogP contribution is -2.13. The Morgan fingerprint density at radius 3 is 2.48 bits per heavy atom. The summed E-state index contributed by atoms with van der Waals surface area (Å²) in [4.78, 5) is 23.7. The number of hydrogen-bond acceptors (Lipinski definition) is 4. The van der Waals surface area contributed by atoms with Crippen LogP contribution >= 0.6 is 0 Å². The van der Waals surface area contributed by atoms with E-state index in [1.54, 1.807) is 30.3 Å². The Bertz CT molecular complexity index is 785. The van der Waals surface area contributed by atoms with Crippen molar-refractivity contribution in [2.24, 2.45) is 5.92 Å². The maximum Gasteiger partial charge on any atom is 0.338 e. The van der Waals surface area contributed by atoms with E-state index >= 15 is 0 Å². The van der Waals surface area contributed by atoms with Gasteiger partial charge < -0.3 is 14.8 Å². The second kappa shape index (κ2) is 7.34. The molecule has 0 aliphatic heterocycles. The van der Waals surface area contributed by atoms with Gasteiger partial charge >= 0.3 is 5.97 Å². The molecule has 1 aliphatic rings. The minimum Gasteiger partial charge on any atom is -0.494 e. The number of nitrogens with one attached hydrogen (secondary N) is 1. The van der Waals surface area contributed by atoms with Crippen molar-refractivity contribution < 1.29 is 23.5 Å². The van der Waals surface area contributed by atoms with Gasteiger partial charge in [0.2, 0.25) is 5.91 Å². The molecular formula is C19H18FNO4. The lowest BCUT2D eigenvalue weighted by Gasteiger charge is -2.08. The first-order chi connectivity index (χ1) is 12.1. The van der Waals surface area contributed by atoms with Gasteiger partial charge in [-0.2, -0.15) is 0 Å². The van der Waals surface area contributed by atoms with Gasteiger partial charge in [0, 0.05) is 11.6 Å². The van der Waals surface area contributed by atoms with E-state index in [0.717, 1.165) is 12.8 Å². The van der Waals surface area contributed by atoms with Crippen LogP contribution in [0.25, 0.3) is 0 Å². The number of methoxy groups -OCH3 is 1. The predicted molar refractivity (Wildman–Crippen MR) is 89.9 cm³/mol. The molecule has 6 heteroatoms. The topological polar surface area (TPSA) is 64.6 Å². The van der Waals surface area contributed by atoms with Crippen molar-refractivity contribution in [3.63, 3.8) is 0 Å². The fourth-order valence-electron chi connectivity index (χ4n) is 2.31. The molecule has 130 valence electrons.